The van der Waals surface area contributed by atoms with Crippen LogP contribution in [-0.4, -0.2) is 13.0 Å². The minimum atomic E-state index is -4.08. The van der Waals surface area contributed by atoms with Crippen LogP contribution in [0.25, 0.3) is 11.0 Å². The molecule has 4 aromatic carbocycles. The van der Waals surface area contributed by atoms with E-state index in [4.69, 9.17) is 20.8 Å². The molecule has 0 aliphatic carbocycles. The monoisotopic (exact) mass is 552 g/mol. The summed E-state index contributed by atoms with van der Waals surface area (Å²) < 4.78 is 55.9. The fourth-order valence-corrected chi connectivity index (χ4v) is 5.65. The van der Waals surface area contributed by atoms with E-state index in [1.165, 1.54) is 12.1 Å². The summed E-state index contributed by atoms with van der Waals surface area (Å²) in [5.41, 5.74) is 1.85. The van der Waals surface area contributed by atoms with Crippen LogP contribution in [-0.2, 0) is 21.4 Å². The lowest BCUT2D eigenvalue weighted by Gasteiger charge is -2.16. The first kappa shape index (κ1) is 25.0. The number of sulfonamides is 1. The first-order chi connectivity index (χ1) is 17.8. The number of rotatable bonds is 8. The molecule has 0 radical (unpaired) electrons. The van der Waals surface area contributed by atoms with Crippen molar-refractivity contribution >= 4 is 55.3 Å². The number of nitrogens with one attached hydrogen (secondary N) is 2. The van der Waals surface area contributed by atoms with Crippen molar-refractivity contribution in [1.82, 2.24) is 0 Å². The average molecular weight is 553 g/mol. The summed E-state index contributed by atoms with van der Waals surface area (Å²) in [6.45, 7) is 1.95. The van der Waals surface area contributed by atoms with E-state index >= 15 is 0 Å². The standard InChI is InChI=1S/C27H21ClN2O5S2/c1-18-6-2-4-8-25(18)34-21-11-13-22(14-12-21)36(31)29-23-15-10-20(28)17-24(23)30-37(32,33)27-16-19-7-3-5-9-26(19)35-27/h2-17,29-30H,1H3. The van der Waals surface area contributed by atoms with Gasteiger partial charge in [-0.15, -0.1) is 0 Å². The molecule has 10 heteroatoms. The minimum absolute atomic E-state index is 0.126. The van der Waals surface area contributed by atoms with Crippen LogP contribution in [0, 0.1) is 6.92 Å². The Morgan fingerprint density at radius 1 is 0.892 bits per heavy atom. The van der Waals surface area contributed by atoms with E-state index in [1.807, 2.05) is 31.2 Å². The number of halogens is 1. The van der Waals surface area contributed by atoms with Gasteiger partial charge in [-0.1, -0.05) is 48.0 Å². The van der Waals surface area contributed by atoms with Gasteiger partial charge in [0, 0.05) is 16.5 Å². The number of anilines is 2. The maximum absolute atomic E-state index is 13.1. The van der Waals surface area contributed by atoms with E-state index in [1.54, 1.807) is 60.7 Å². The van der Waals surface area contributed by atoms with E-state index in [-0.39, 0.29) is 16.5 Å². The third-order valence-corrected chi connectivity index (χ3v) is 8.02. The second-order valence-electron chi connectivity index (χ2n) is 8.11. The fourth-order valence-electron chi connectivity index (χ4n) is 3.56. The van der Waals surface area contributed by atoms with Gasteiger partial charge in [0.15, 0.2) is 4.90 Å². The molecule has 188 valence electrons. The molecule has 37 heavy (non-hydrogen) atoms. The Kier molecular flexibility index (Phi) is 7.03. The molecule has 2 N–H and O–H groups in total. The quantitative estimate of drug-likeness (QED) is 0.199. The Labute approximate surface area is 222 Å². The molecule has 0 saturated carbocycles. The molecule has 0 saturated heterocycles. The van der Waals surface area contributed by atoms with Crippen LogP contribution in [0.2, 0.25) is 5.02 Å². The maximum Gasteiger partial charge on any atom is 0.295 e. The molecule has 5 rings (SSSR count). The van der Waals surface area contributed by atoms with Crippen molar-refractivity contribution in [3.8, 4) is 11.5 Å². The van der Waals surface area contributed by atoms with Gasteiger partial charge in [0.05, 0.1) is 5.69 Å². The topological polar surface area (TPSA) is 104 Å². The molecule has 0 amide bonds. The SMILES string of the molecule is Cc1ccccc1Oc1ccc([S+]([O-])Nc2ccc(Cl)cc2NS(=O)(=O)c2cc3ccccc3o2)cc1. The van der Waals surface area contributed by atoms with Crippen LogP contribution in [0.5, 0.6) is 11.5 Å². The van der Waals surface area contributed by atoms with Gasteiger partial charge in [0.25, 0.3) is 10.0 Å². The van der Waals surface area contributed by atoms with Crippen LogP contribution in [0.15, 0.2) is 111 Å². The first-order valence-electron chi connectivity index (χ1n) is 11.1. The molecule has 0 aliphatic rings. The summed E-state index contributed by atoms with van der Waals surface area (Å²) in [5, 5.41) is 0.713. The second-order valence-corrected chi connectivity index (χ2v) is 11.4. The van der Waals surface area contributed by atoms with Gasteiger partial charge in [-0.05, 0) is 67.1 Å². The molecule has 0 aliphatic heterocycles. The number of furan rings is 1. The van der Waals surface area contributed by atoms with E-state index < -0.39 is 21.4 Å². The van der Waals surface area contributed by atoms with E-state index in [0.717, 1.165) is 11.3 Å². The zero-order valence-electron chi connectivity index (χ0n) is 19.5. The molecule has 1 aromatic heterocycles. The summed E-state index contributed by atoms with van der Waals surface area (Å²) in [4.78, 5) is 0.471. The molecule has 1 unspecified atom stereocenters. The number of ether oxygens (including phenoxy) is 1. The number of hydrogen-bond acceptors (Lipinski definition) is 6. The van der Waals surface area contributed by atoms with Gasteiger partial charge in [0.2, 0.25) is 5.09 Å². The smallest absolute Gasteiger partial charge is 0.295 e. The highest BCUT2D eigenvalue weighted by Gasteiger charge is 2.23. The van der Waals surface area contributed by atoms with Crippen molar-refractivity contribution in [1.29, 1.82) is 0 Å². The summed E-state index contributed by atoms with van der Waals surface area (Å²) in [6, 6.07) is 27.4. The van der Waals surface area contributed by atoms with Gasteiger partial charge in [-0.25, -0.2) is 4.72 Å². The Morgan fingerprint density at radius 3 is 2.38 bits per heavy atom. The van der Waals surface area contributed by atoms with Crippen LogP contribution in [0.4, 0.5) is 11.4 Å². The van der Waals surface area contributed by atoms with E-state index in [9.17, 15) is 13.0 Å². The summed E-state index contributed by atoms with van der Waals surface area (Å²) in [7, 11) is -4.08. The minimum Gasteiger partial charge on any atom is -0.588 e. The predicted octanol–water partition coefficient (Wildman–Crippen LogP) is 7.12. The Bertz CT molecular complexity index is 1640. The highest BCUT2D eigenvalue weighted by atomic mass is 35.5. The molecule has 1 atom stereocenters. The lowest BCUT2D eigenvalue weighted by molar-refractivity contribution is 0.478. The zero-order valence-corrected chi connectivity index (χ0v) is 21.9. The van der Waals surface area contributed by atoms with Crippen molar-refractivity contribution in [3.63, 3.8) is 0 Å². The third-order valence-electron chi connectivity index (χ3n) is 5.46. The van der Waals surface area contributed by atoms with Crippen LogP contribution in [0.3, 0.4) is 0 Å². The van der Waals surface area contributed by atoms with Crippen molar-refractivity contribution in [2.45, 2.75) is 16.9 Å². The molecular formula is C27H21ClN2O5S2. The van der Waals surface area contributed by atoms with Crippen LogP contribution in [0.1, 0.15) is 5.56 Å². The first-order valence-corrected chi connectivity index (χ1v) is 14.1. The fraction of sp³-hybridized carbons (Fsp3) is 0.0370. The second kappa shape index (κ2) is 10.4. The molecule has 0 spiro atoms. The summed E-state index contributed by atoms with van der Waals surface area (Å²) in [6.07, 6.45) is 0. The Hall–Kier alpha value is -3.63. The number of benzene rings is 4. The normalized spacial score (nSPS) is 12.3. The molecule has 1 heterocycles. The third kappa shape index (κ3) is 5.70. The van der Waals surface area contributed by atoms with Gasteiger partial charge < -0.3 is 13.7 Å². The molecule has 5 aromatic rings. The summed E-state index contributed by atoms with van der Waals surface area (Å²) in [5.74, 6) is 1.33. The molecule has 0 fully saturated rings. The highest BCUT2D eigenvalue weighted by Crippen LogP contribution is 2.32. The largest absolute Gasteiger partial charge is 0.588 e. The van der Waals surface area contributed by atoms with Crippen molar-refractivity contribution in [2.24, 2.45) is 0 Å². The lowest BCUT2D eigenvalue weighted by Crippen LogP contribution is -2.17. The van der Waals surface area contributed by atoms with Crippen molar-refractivity contribution in [3.05, 3.63) is 108 Å². The zero-order chi connectivity index (χ0) is 26.0. The van der Waals surface area contributed by atoms with Crippen molar-refractivity contribution in [2.75, 3.05) is 9.44 Å². The Balaban J connectivity index is 1.34. The molecular weight excluding hydrogens is 532 g/mol. The van der Waals surface area contributed by atoms with Gasteiger partial charge in [0.1, 0.15) is 34.1 Å². The van der Waals surface area contributed by atoms with Crippen LogP contribution < -0.4 is 14.2 Å². The lowest BCUT2D eigenvalue weighted by atomic mass is 10.2. The van der Waals surface area contributed by atoms with Gasteiger partial charge >= 0.3 is 0 Å². The number of aryl methyl sites for hydroxylation is 1. The highest BCUT2D eigenvalue weighted by molar-refractivity contribution is 7.93. The number of fused-ring (bicyclic) bond motifs is 1. The van der Waals surface area contributed by atoms with Crippen LogP contribution >= 0.6 is 11.6 Å². The van der Waals surface area contributed by atoms with Gasteiger partial charge in [-0.2, -0.15) is 8.42 Å². The van der Waals surface area contributed by atoms with E-state index in [2.05, 4.69) is 9.44 Å². The average Bonchev–Trinajstić information content (AvgIpc) is 3.33. The van der Waals surface area contributed by atoms with Gasteiger partial charge in [-0.3, -0.25) is 4.72 Å². The molecule has 7 nitrogen and oxygen atoms in total. The number of para-hydroxylation sites is 2. The Morgan fingerprint density at radius 2 is 1.62 bits per heavy atom. The molecule has 0 bridgehead atoms. The maximum atomic E-state index is 13.1. The number of hydrogen-bond donors (Lipinski definition) is 2. The summed E-state index contributed by atoms with van der Waals surface area (Å²) >= 11 is 4.43. The van der Waals surface area contributed by atoms with Crippen molar-refractivity contribution < 1.29 is 22.1 Å². The van der Waals surface area contributed by atoms with E-state index in [0.29, 0.717) is 26.6 Å². The predicted molar refractivity (Wildman–Crippen MR) is 146 cm³/mol.